The average Bonchev–Trinajstić information content (AvgIpc) is 2.79. The van der Waals surface area contributed by atoms with Crippen molar-refractivity contribution in [3.63, 3.8) is 0 Å². The molecule has 2 N–H and O–H groups in total. The number of hydrogen-bond acceptors (Lipinski definition) is 2. The third-order valence-electron chi connectivity index (χ3n) is 3.36. The lowest BCUT2D eigenvalue weighted by molar-refractivity contribution is 0.937. The van der Waals surface area contributed by atoms with Crippen LogP contribution in [-0.2, 0) is 7.05 Å². The van der Waals surface area contributed by atoms with Gasteiger partial charge in [-0.05, 0) is 12.1 Å². The average molecular weight is 318 g/mol. The van der Waals surface area contributed by atoms with E-state index in [1.165, 1.54) is 0 Å². The highest BCUT2D eigenvalue weighted by Gasteiger charge is 2.15. The molecule has 1 aromatic heterocycles. The van der Waals surface area contributed by atoms with E-state index in [9.17, 15) is 0 Å². The van der Waals surface area contributed by atoms with E-state index in [2.05, 4.69) is 4.98 Å². The summed E-state index contributed by atoms with van der Waals surface area (Å²) >= 11 is 12.0. The van der Waals surface area contributed by atoms with E-state index in [1.54, 1.807) is 12.1 Å². The molecule has 3 rings (SSSR count). The van der Waals surface area contributed by atoms with Gasteiger partial charge in [0.2, 0.25) is 0 Å². The van der Waals surface area contributed by atoms with E-state index >= 15 is 0 Å². The molecule has 0 saturated heterocycles. The highest BCUT2D eigenvalue weighted by Crippen LogP contribution is 2.33. The minimum atomic E-state index is 0.487. The smallest absolute Gasteiger partial charge is 0.142 e. The number of anilines is 1. The van der Waals surface area contributed by atoms with Crippen LogP contribution in [0.3, 0.4) is 0 Å². The summed E-state index contributed by atoms with van der Waals surface area (Å²) in [7, 11) is 1.89. The number of rotatable bonds is 2. The Hall–Kier alpha value is -1.97. The van der Waals surface area contributed by atoms with Crippen LogP contribution in [0, 0.1) is 0 Å². The van der Waals surface area contributed by atoms with Crippen LogP contribution in [0.4, 0.5) is 5.82 Å². The number of benzene rings is 2. The Labute approximate surface area is 132 Å². The van der Waals surface area contributed by atoms with Gasteiger partial charge >= 0.3 is 0 Å². The lowest BCUT2D eigenvalue weighted by atomic mass is 10.1. The monoisotopic (exact) mass is 317 g/mol. The predicted molar refractivity (Wildman–Crippen MR) is 88.5 cm³/mol. The van der Waals surface area contributed by atoms with Crippen LogP contribution in [0.15, 0.2) is 48.5 Å². The third kappa shape index (κ3) is 2.50. The molecule has 21 heavy (non-hydrogen) atoms. The summed E-state index contributed by atoms with van der Waals surface area (Å²) in [6, 6.07) is 15.3. The quantitative estimate of drug-likeness (QED) is 0.748. The first kappa shape index (κ1) is 14.0. The first-order chi connectivity index (χ1) is 10.1. The van der Waals surface area contributed by atoms with Crippen molar-refractivity contribution in [1.82, 2.24) is 9.55 Å². The first-order valence-electron chi connectivity index (χ1n) is 6.41. The van der Waals surface area contributed by atoms with Crippen molar-refractivity contribution in [2.45, 2.75) is 0 Å². The Morgan fingerprint density at radius 2 is 1.67 bits per heavy atom. The largest absolute Gasteiger partial charge is 0.383 e. The van der Waals surface area contributed by atoms with Gasteiger partial charge in [0.15, 0.2) is 0 Å². The Morgan fingerprint density at radius 1 is 0.952 bits per heavy atom. The molecule has 0 aliphatic carbocycles. The van der Waals surface area contributed by atoms with Crippen molar-refractivity contribution in [2.24, 2.45) is 7.05 Å². The van der Waals surface area contributed by atoms with Gasteiger partial charge in [-0.1, -0.05) is 59.6 Å². The lowest BCUT2D eigenvalue weighted by Crippen LogP contribution is -1.98. The SMILES string of the molecule is Cn1c(-c2ccccc2)nc(-c2ccc(Cl)c(Cl)c2)c1N. The van der Waals surface area contributed by atoms with Gasteiger partial charge in [0, 0.05) is 18.2 Å². The molecule has 0 fully saturated rings. The number of hydrogen-bond donors (Lipinski definition) is 1. The van der Waals surface area contributed by atoms with E-state index in [-0.39, 0.29) is 0 Å². The Balaban J connectivity index is 2.15. The fourth-order valence-corrected chi connectivity index (χ4v) is 2.51. The Bertz CT molecular complexity index is 795. The molecule has 0 aliphatic rings. The van der Waals surface area contributed by atoms with Crippen molar-refractivity contribution < 1.29 is 0 Å². The van der Waals surface area contributed by atoms with Crippen LogP contribution in [0.2, 0.25) is 10.0 Å². The van der Waals surface area contributed by atoms with Gasteiger partial charge in [0.05, 0.1) is 10.0 Å². The summed E-state index contributed by atoms with van der Waals surface area (Å²) in [6.07, 6.45) is 0. The number of nitrogens with two attached hydrogens (primary N) is 1. The molecule has 0 bridgehead atoms. The summed E-state index contributed by atoms with van der Waals surface area (Å²) in [4.78, 5) is 4.66. The Morgan fingerprint density at radius 3 is 2.33 bits per heavy atom. The van der Waals surface area contributed by atoms with Crippen molar-refractivity contribution in [1.29, 1.82) is 0 Å². The molecule has 106 valence electrons. The van der Waals surface area contributed by atoms with Gasteiger partial charge in [-0.15, -0.1) is 0 Å². The maximum absolute atomic E-state index is 6.19. The molecular formula is C16H13Cl2N3. The highest BCUT2D eigenvalue weighted by molar-refractivity contribution is 6.42. The number of imidazole rings is 1. The maximum atomic E-state index is 6.19. The molecule has 2 aromatic carbocycles. The molecule has 0 spiro atoms. The van der Waals surface area contributed by atoms with Crippen LogP contribution in [0.1, 0.15) is 0 Å². The molecule has 1 heterocycles. The van der Waals surface area contributed by atoms with Crippen molar-refractivity contribution in [2.75, 3.05) is 5.73 Å². The molecule has 5 heteroatoms. The predicted octanol–water partition coefficient (Wildman–Crippen LogP) is 4.64. The molecule has 3 nitrogen and oxygen atoms in total. The van der Waals surface area contributed by atoms with E-state index in [1.807, 2.05) is 48.0 Å². The summed E-state index contributed by atoms with van der Waals surface area (Å²) < 4.78 is 1.87. The van der Waals surface area contributed by atoms with Gasteiger partial charge < -0.3 is 10.3 Å². The van der Waals surface area contributed by atoms with Gasteiger partial charge in [-0.3, -0.25) is 0 Å². The number of nitrogen functional groups attached to an aromatic ring is 1. The van der Waals surface area contributed by atoms with Crippen LogP contribution in [-0.4, -0.2) is 9.55 Å². The third-order valence-corrected chi connectivity index (χ3v) is 4.10. The number of halogens is 2. The second-order valence-electron chi connectivity index (χ2n) is 4.72. The molecule has 0 atom stereocenters. The molecular weight excluding hydrogens is 305 g/mol. The van der Waals surface area contributed by atoms with Crippen LogP contribution in [0.25, 0.3) is 22.6 Å². The molecule has 3 aromatic rings. The zero-order chi connectivity index (χ0) is 15.0. The minimum absolute atomic E-state index is 0.487. The van der Waals surface area contributed by atoms with Gasteiger partial charge in [-0.2, -0.15) is 0 Å². The summed E-state index contributed by atoms with van der Waals surface area (Å²) in [6.45, 7) is 0. The number of aromatic nitrogens is 2. The summed E-state index contributed by atoms with van der Waals surface area (Å²) in [5.74, 6) is 1.40. The zero-order valence-electron chi connectivity index (χ0n) is 11.3. The normalized spacial score (nSPS) is 10.8. The second-order valence-corrected chi connectivity index (χ2v) is 5.54. The Kier molecular flexibility index (Phi) is 3.62. The van der Waals surface area contributed by atoms with Crippen LogP contribution >= 0.6 is 23.2 Å². The van der Waals surface area contributed by atoms with Gasteiger partial charge in [-0.25, -0.2) is 4.98 Å². The molecule has 0 aliphatic heterocycles. The maximum Gasteiger partial charge on any atom is 0.142 e. The zero-order valence-corrected chi connectivity index (χ0v) is 12.9. The van der Waals surface area contributed by atoms with Crippen LogP contribution < -0.4 is 5.73 Å². The minimum Gasteiger partial charge on any atom is -0.383 e. The van der Waals surface area contributed by atoms with E-state index in [0.717, 1.165) is 17.0 Å². The fraction of sp³-hybridized carbons (Fsp3) is 0.0625. The van der Waals surface area contributed by atoms with Crippen molar-refractivity contribution in [3.05, 3.63) is 58.6 Å². The van der Waals surface area contributed by atoms with E-state index < -0.39 is 0 Å². The first-order valence-corrected chi connectivity index (χ1v) is 7.16. The standard InChI is InChI=1S/C16H13Cl2N3/c1-21-15(19)14(11-7-8-12(17)13(18)9-11)20-16(21)10-5-3-2-4-6-10/h2-9H,19H2,1H3. The number of nitrogens with zero attached hydrogens (tertiary/aromatic N) is 2. The van der Waals surface area contributed by atoms with Crippen molar-refractivity contribution >= 4 is 29.0 Å². The van der Waals surface area contributed by atoms with Gasteiger partial charge in [0.1, 0.15) is 17.3 Å². The summed E-state index contributed by atoms with van der Waals surface area (Å²) in [5, 5.41) is 0.999. The molecule has 0 radical (unpaired) electrons. The molecule has 0 saturated carbocycles. The van der Waals surface area contributed by atoms with Crippen LogP contribution in [0.5, 0.6) is 0 Å². The topological polar surface area (TPSA) is 43.8 Å². The molecule has 0 unspecified atom stereocenters. The van der Waals surface area contributed by atoms with Gasteiger partial charge in [0.25, 0.3) is 0 Å². The van der Waals surface area contributed by atoms with E-state index in [4.69, 9.17) is 28.9 Å². The second kappa shape index (κ2) is 5.43. The molecule has 0 amide bonds. The highest BCUT2D eigenvalue weighted by atomic mass is 35.5. The van der Waals surface area contributed by atoms with E-state index in [0.29, 0.717) is 21.6 Å². The summed E-state index contributed by atoms with van der Waals surface area (Å²) in [5.41, 5.74) is 8.75. The fourth-order valence-electron chi connectivity index (χ4n) is 2.21. The lowest BCUT2D eigenvalue weighted by Gasteiger charge is -2.03. The van der Waals surface area contributed by atoms with Crippen molar-refractivity contribution in [3.8, 4) is 22.6 Å².